The molecule has 0 bridgehead atoms. The largest absolute Gasteiger partial charge is 0.397 e. The van der Waals surface area contributed by atoms with E-state index in [0.717, 1.165) is 5.69 Å². The van der Waals surface area contributed by atoms with Crippen molar-refractivity contribution in [2.75, 3.05) is 5.73 Å². The number of hydrogen-bond acceptors (Lipinski definition) is 3. The summed E-state index contributed by atoms with van der Waals surface area (Å²) in [6.45, 7) is 3.63. The van der Waals surface area contributed by atoms with Crippen molar-refractivity contribution in [3.05, 3.63) is 23.5 Å². The number of carbonyl (C=O) groups is 1. The molecule has 0 radical (unpaired) electrons. The van der Waals surface area contributed by atoms with E-state index >= 15 is 0 Å². The third-order valence-electron chi connectivity index (χ3n) is 1.77. The Morgan fingerprint density at radius 3 is 2.83 bits per heavy atom. The van der Waals surface area contributed by atoms with Crippen LogP contribution in [-0.2, 0) is 0 Å². The summed E-state index contributed by atoms with van der Waals surface area (Å²) in [7, 11) is 0. The molecule has 0 fully saturated rings. The van der Waals surface area contributed by atoms with Crippen LogP contribution in [0.3, 0.4) is 0 Å². The summed E-state index contributed by atoms with van der Waals surface area (Å²) in [6.07, 6.45) is 2.06. The number of hydrogen-bond donors (Lipinski definition) is 1. The minimum Gasteiger partial charge on any atom is -0.397 e. The maximum Gasteiger partial charge on any atom is 0.164 e. The number of rotatable bonds is 2. The summed E-state index contributed by atoms with van der Waals surface area (Å²) in [6, 6.07) is 1.67. The fourth-order valence-corrected chi connectivity index (χ4v) is 0.907. The minimum atomic E-state index is 0.0780. The van der Waals surface area contributed by atoms with Crippen molar-refractivity contribution < 1.29 is 4.79 Å². The first kappa shape index (κ1) is 8.71. The number of nitrogens with two attached hydrogens (primary N) is 1. The fraction of sp³-hybridized carbons (Fsp3) is 0.333. The molecule has 2 N–H and O–H groups in total. The van der Waals surface area contributed by atoms with E-state index in [9.17, 15) is 4.79 Å². The SMILES string of the molecule is CCC(=O)c1cnc(C)c(N)c1. The lowest BCUT2D eigenvalue weighted by Gasteiger charge is -2.01. The molecule has 1 rings (SSSR count). The molecule has 0 atom stereocenters. The van der Waals surface area contributed by atoms with E-state index in [-0.39, 0.29) is 5.78 Å². The Labute approximate surface area is 71.6 Å². The first-order valence-corrected chi connectivity index (χ1v) is 3.90. The van der Waals surface area contributed by atoms with Gasteiger partial charge < -0.3 is 5.73 Å². The molecule has 1 heterocycles. The molecule has 0 aromatic carbocycles. The van der Waals surface area contributed by atoms with Crippen molar-refractivity contribution >= 4 is 11.5 Å². The first-order valence-electron chi connectivity index (χ1n) is 3.90. The van der Waals surface area contributed by atoms with Gasteiger partial charge in [-0.25, -0.2) is 0 Å². The molecule has 3 heteroatoms. The Morgan fingerprint density at radius 1 is 1.67 bits per heavy atom. The average molecular weight is 164 g/mol. The highest BCUT2D eigenvalue weighted by atomic mass is 16.1. The highest BCUT2D eigenvalue weighted by molar-refractivity contribution is 5.96. The topological polar surface area (TPSA) is 56.0 Å². The molecule has 12 heavy (non-hydrogen) atoms. The lowest BCUT2D eigenvalue weighted by atomic mass is 10.1. The van der Waals surface area contributed by atoms with Crippen LogP contribution in [0.1, 0.15) is 29.4 Å². The number of carbonyl (C=O) groups excluding carboxylic acids is 1. The number of pyridine rings is 1. The average Bonchev–Trinajstić information content (AvgIpc) is 2.08. The summed E-state index contributed by atoms with van der Waals surface area (Å²) in [5.74, 6) is 0.0780. The number of Topliss-reactive ketones (excluding diaryl/α,β-unsaturated/α-hetero) is 1. The molecular weight excluding hydrogens is 152 g/mol. The van der Waals surface area contributed by atoms with E-state index in [1.54, 1.807) is 12.3 Å². The van der Waals surface area contributed by atoms with Gasteiger partial charge in [0.05, 0.1) is 11.4 Å². The van der Waals surface area contributed by atoms with Crippen molar-refractivity contribution in [3.8, 4) is 0 Å². The summed E-state index contributed by atoms with van der Waals surface area (Å²) in [5.41, 5.74) is 7.54. The molecular formula is C9H12N2O. The van der Waals surface area contributed by atoms with Crippen LogP contribution in [-0.4, -0.2) is 10.8 Å². The number of anilines is 1. The Morgan fingerprint density at radius 2 is 2.33 bits per heavy atom. The van der Waals surface area contributed by atoms with E-state index in [0.29, 0.717) is 17.7 Å². The van der Waals surface area contributed by atoms with Crippen LogP contribution in [0.4, 0.5) is 5.69 Å². The molecule has 0 aliphatic rings. The summed E-state index contributed by atoms with van der Waals surface area (Å²) < 4.78 is 0. The summed E-state index contributed by atoms with van der Waals surface area (Å²) in [5, 5.41) is 0. The van der Waals surface area contributed by atoms with Crippen LogP contribution < -0.4 is 5.73 Å². The maximum absolute atomic E-state index is 11.2. The van der Waals surface area contributed by atoms with E-state index in [1.165, 1.54) is 0 Å². The van der Waals surface area contributed by atoms with Gasteiger partial charge in [0, 0.05) is 18.2 Å². The van der Waals surface area contributed by atoms with E-state index in [1.807, 2.05) is 13.8 Å². The molecule has 0 aliphatic carbocycles. The summed E-state index contributed by atoms with van der Waals surface area (Å²) >= 11 is 0. The second-order valence-corrected chi connectivity index (χ2v) is 2.68. The normalized spacial score (nSPS) is 9.83. The minimum absolute atomic E-state index is 0.0780. The van der Waals surface area contributed by atoms with Gasteiger partial charge in [-0.3, -0.25) is 9.78 Å². The standard InChI is InChI=1S/C9H12N2O/c1-3-9(12)7-4-8(10)6(2)11-5-7/h4-5H,3,10H2,1-2H3. The molecule has 1 aromatic rings. The van der Waals surface area contributed by atoms with Gasteiger partial charge in [-0.15, -0.1) is 0 Å². The summed E-state index contributed by atoms with van der Waals surface area (Å²) in [4.78, 5) is 15.2. The lowest BCUT2D eigenvalue weighted by molar-refractivity contribution is 0.0988. The van der Waals surface area contributed by atoms with Crippen LogP contribution in [0.25, 0.3) is 0 Å². The molecule has 0 unspecified atom stereocenters. The number of nitrogens with zero attached hydrogens (tertiary/aromatic N) is 1. The number of aromatic nitrogens is 1. The van der Waals surface area contributed by atoms with Gasteiger partial charge in [-0.2, -0.15) is 0 Å². The molecule has 0 saturated heterocycles. The van der Waals surface area contributed by atoms with Gasteiger partial charge in [0.2, 0.25) is 0 Å². The predicted octanol–water partition coefficient (Wildman–Crippen LogP) is 1.56. The second-order valence-electron chi connectivity index (χ2n) is 2.68. The highest BCUT2D eigenvalue weighted by Gasteiger charge is 2.04. The van der Waals surface area contributed by atoms with Crippen LogP contribution in [0.5, 0.6) is 0 Å². The lowest BCUT2D eigenvalue weighted by Crippen LogP contribution is -2.01. The zero-order chi connectivity index (χ0) is 9.14. The van der Waals surface area contributed by atoms with Gasteiger partial charge in [-0.05, 0) is 13.0 Å². The Bertz CT molecular complexity index is 307. The Balaban J connectivity index is 3.05. The quantitative estimate of drug-likeness (QED) is 0.675. The highest BCUT2D eigenvalue weighted by Crippen LogP contribution is 2.10. The van der Waals surface area contributed by atoms with Crippen molar-refractivity contribution in [3.63, 3.8) is 0 Å². The van der Waals surface area contributed by atoms with Crippen LogP contribution in [0.15, 0.2) is 12.3 Å². The number of ketones is 1. The fourth-order valence-electron chi connectivity index (χ4n) is 0.907. The molecule has 0 amide bonds. The maximum atomic E-state index is 11.2. The zero-order valence-corrected chi connectivity index (χ0v) is 7.29. The van der Waals surface area contributed by atoms with Crippen molar-refractivity contribution in [1.82, 2.24) is 4.98 Å². The molecule has 64 valence electrons. The van der Waals surface area contributed by atoms with Crippen molar-refractivity contribution in [2.45, 2.75) is 20.3 Å². The monoisotopic (exact) mass is 164 g/mol. The van der Waals surface area contributed by atoms with Crippen LogP contribution in [0, 0.1) is 6.92 Å². The van der Waals surface area contributed by atoms with Crippen LogP contribution >= 0.6 is 0 Å². The van der Waals surface area contributed by atoms with E-state index in [4.69, 9.17) is 5.73 Å². The van der Waals surface area contributed by atoms with Gasteiger partial charge in [0.25, 0.3) is 0 Å². The molecule has 0 spiro atoms. The smallest absolute Gasteiger partial charge is 0.164 e. The molecule has 1 aromatic heterocycles. The molecule has 0 saturated carbocycles. The Hall–Kier alpha value is -1.38. The van der Waals surface area contributed by atoms with Crippen LogP contribution in [0.2, 0.25) is 0 Å². The van der Waals surface area contributed by atoms with Gasteiger partial charge in [0.1, 0.15) is 0 Å². The predicted molar refractivity (Wildman–Crippen MR) is 48.0 cm³/mol. The van der Waals surface area contributed by atoms with E-state index in [2.05, 4.69) is 4.98 Å². The zero-order valence-electron chi connectivity index (χ0n) is 7.29. The number of aryl methyl sites for hydroxylation is 1. The second kappa shape index (κ2) is 3.34. The Kier molecular flexibility index (Phi) is 2.43. The third-order valence-corrected chi connectivity index (χ3v) is 1.77. The number of nitrogen functional groups attached to an aromatic ring is 1. The first-order chi connectivity index (χ1) is 5.65. The molecule has 3 nitrogen and oxygen atoms in total. The van der Waals surface area contributed by atoms with Gasteiger partial charge in [0.15, 0.2) is 5.78 Å². The van der Waals surface area contributed by atoms with E-state index < -0.39 is 0 Å². The van der Waals surface area contributed by atoms with Crippen molar-refractivity contribution in [2.24, 2.45) is 0 Å². The molecule has 0 aliphatic heterocycles. The third kappa shape index (κ3) is 1.61. The van der Waals surface area contributed by atoms with Crippen molar-refractivity contribution in [1.29, 1.82) is 0 Å². The van der Waals surface area contributed by atoms with Gasteiger partial charge >= 0.3 is 0 Å². The van der Waals surface area contributed by atoms with Gasteiger partial charge in [-0.1, -0.05) is 6.92 Å².